The Labute approximate surface area is 104 Å². The number of hydrogen-bond donors (Lipinski definition) is 2. The smallest absolute Gasteiger partial charge is 0.267 e. The molecule has 1 aromatic carbocycles. The normalized spacial score (nSPS) is 10.8. The van der Waals surface area contributed by atoms with Crippen LogP contribution in [0.25, 0.3) is 10.9 Å². The molecular weight excluding hydrogens is 235 g/mol. The molecule has 96 valence electrons. The van der Waals surface area contributed by atoms with Crippen LogP contribution in [-0.2, 0) is 4.74 Å². The fourth-order valence-electron chi connectivity index (χ4n) is 1.74. The molecule has 1 aromatic heterocycles. The molecule has 0 saturated heterocycles. The standard InChI is InChI=1S/C13H15FN2O2/c1-18-6-2-5-15-13(17)12-7-9-3-4-10(14)8-11(9)16-12/h3-4,7-8,16H,2,5-6H2,1H3,(H,15,17). The molecule has 2 N–H and O–H groups in total. The minimum atomic E-state index is -0.323. The van der Waals surface area contributed by atoms with Gasteiger partial charge in [-0.2, -0.15) is 0 Å². The first-order valence-electron chi connectivity index (χ1n) is 5.76. The zero-order valence-electron chi connectivity index (χ0n) is 10.1. The number of methoxy groups -OCH3 is 1. The molecule has 2 rings (SSSR count). The second kappa shape index (κ2) is 5.64. The third kappa shape index (κ3) is 2.87. The van der Waals surface area contributed by atoms with E-state index < -0.39 is 0 Å². The minimum Gasteiger partial charge on any atom is -0.385 e. The summed E-state index contributed by atoms with van der Waals surface area (Å²) in [6, 6.07) is 6.09. The summed E-state index contributed by atoms with van der Waals surface area (Å²) < 4.78 is 17.9. The number of aromatic nitrogens is 1. The van der Waals surface area contributed by atoms with Gasteiger partial charge in [0.25, 0.3) is 5.91 Å². The topological polar surface area (TPSA) is 54.1 Å². The highest BCUT2D eigenvalue weighted by Gasteiger charge is 2.09. The van der Waals surface area contributed by atoms with E-state index in [4.69, 9.17) is 4.74 Å². The van der Waals surface area contributed by atoms with Crippen LogP contribution in [0.4, 0.5) is 4.39 Å². The van der Waals surface area contributed by atoms with Crippen molar-refractivity contribution in [2.24, 2.45) is 0 Å². The maximum absolute atomic E-state index is 13.0. The number of benzene rings is 1. The molecule has 0 fully saturated rings. The number of amides is 1. The van der Waals surface area contributed by atoms with Crippen molar-refractivity contribution in [2.75, 3.05) is 20.3 Å². The highest BCUT2D eigenvalue weighted by Crippen LogP contribution is 2.16. The number of rotatable bonds is 5. The van der Waals surface area contributed by atoms with Crippen LogP contribution in [0.5, 0.6) is 0 Å². The van der Waals surface area contributed by atoms with Gasteiger partial charge in [0.1, 0.15) is 11.5 Å². The van der Waals surface area contributed by atoms with E-state index in [2.05, 4.69) is 10.3 Å². The average Bonchev–Trinajstić information content (AvgIpc) is 2.77. The van der Waals surface area contributed by atoms with Crippen LogP contribution < -0.4 is 5.32 Å². The SMILES string of the molecule is COCCCNC(=O)c1cc2ccc(F)cc2[nH]1. The van der Waals surface area contributed by atoms with E-state index in [9.17, 15) is 9.18 Å². The van der Waals surface area contributed by atoms with E-state index >= 15 is 0 Å². The maximum atomic E-state index is 13.0. The molecule has 0 aliphatic rings. The van der Waals surface area contributed by atoms with Gasteiger partial charge in [-0.25, -0.2) is 4.39 Å². The lowest BCUT2D eigenvalue weighted by molar-refractivity contribution is 0.0944. The van der Waals surface area contributed by atoms with Gasteiger partial charge >= 0.3 is 0 Å². The van der Waals surface area contributed by atoms with Gasteiger partial charge < -0.3 is 15.0 Å². The quantitative estimate of drug-likeness (QED) is 0.798. The molecule has 1 heterocycles. The van der Waals surface area contributed by atoms with Gasteiger partial charge in [-0.05, 0) is 30.7 Å². The molecule has 4 nitrogen and oxygen atoms in total. The second-order valence-electron chi connectivity index (χ2n) is 4.02. The van der Waals surface area contributed by atoms with E-state index in [0.717, 1.165) is 11.8 Å². The summed E-state index contributed by atoms with van der Waals surface area (Å²) in [5, 5.41) is 3.58. The molecule has 0 atom stereocenters. The van der Waals surface area contributed by atoms with Crippen LogP contribution in [0, 0.1) is 5.82 Å². The Kier molecular flexibility index (Phi) is 3.94. The van der Waals surface area contributed by atoms with Crippen molar-refractivity contribution in [3.8, 4) is 0 Å². The molecule has 1 amide bonds. The fraction of sp³-hybridized carbons (Fsp3) is 0.308. The van der Waals surface area contributed by atoms with Crippen LogP contribution in [0.15, 0.2) is 24.3 Å². The summed E-state index contributed by atoms with van der Waals surface area (Å²) in [6.45, 7) is 1.16. The molecule has 0 spiro atoms. The average molecular weight is 250 g/mol. The Morgan fingerprint density at radius 3 is 3.06 bits per heavy atom. The predicted molar refractivity (Wildman–Crippen MR) is 67.1 cm³/mol. The van der Waals surface area contributed by atoms with Gasteiger partial charge in [0.2, 0.25) is 0 Å². The highest BCUT2D eigenvalue weighted by molar-refractivity contribution is 5.97. The number of aromatic amines is 1. The van der Waals surface area contributed by atoms with Crippen molar-refractivity contribution in [2.45, 2.75) is 6.42 Å². The summed E-state index contributed by atoms with van der Waals surface area (Å²) >= 11 is 0. The lowest BCUT2D eigenvalue weighted by Crippen LogP contribution is -2.25. The van der Waals surface area contributed by atoms with Crippen molar-refractivity contribution < 1.29 is 13.9 Å². The second-order valence-corrected chi connectivity index (χ2v) is 4.02. The van der Waals surface area contributed by atoms with Crippen molar-refractivity contribution in [1.82, 2.24) is 10.3 Å². The molecule has 0 bridgehead atoms. The van der Waals surface area contributed by atoms with Crippen molar-refractivity contribution in [3.05, 3.63) is 35.8 Å². The monoisotopic (exact) mass is 250 g/mol. The third-order valence-electron chi connectivity index (χ3n) is 2.64. The summed E-state index contributed by atoms with van der Waals surface area (Å²) in [4.78, 5) is 14.7. The highest BCUT2D eigenvalue weighted by atomic mass is 19.1. The van der Waals surface area contributed by atoms with Gasteiger partial charge in [-0.15, -0.1) is 0 Å². The number of hydrogen-bond acceptors (Lipinski definition) is 2. The molecule has 0 aliphatic carbocycles. The Morgan fingerprint density at radius 1 is 1.44 bits per heavy atom. The molecule has 18 heavy (non-hydrogen) atoms. The molecule has 0 aliphatic heterocycles. The number of halogens is 1. The van der Waals surface area contributed by atoms with Crippen LogP contribution >= 0.6 is 0 Å². The number of H-pyrrole nitrogens is 1. The summed E-state index contributed by atoms with van der Waals surface area (Å²) in [6.07, 6.45) is 0.761. The van der Waals surface area contributed by atoms with Crippen LogP contribution in [0.1, 0.15) is 16.9 Å². The summed E-state index contributed by atoms with van der Waals surface area (Å²) in [5.41, 5.74) is 1.06. The lowest BCUT2D eigenvalue weighted by atomic mass is 10.2. The van der Waals surface area contributed by atoms with E-state index in [0.29, 0.717) is 24.4 Å². The van der Waals surface area contributed by atoms with E-state index in [1.807, 2.05) is 0 Å². The zero-order valence-corrected chi connectivity index (χ0v) is 10.1. The molecule has 0 saturated carbocycles. The number of fused-ring (bicyclic) bond motifs is 1. The third-order valence-corrected chi connectivity index (χ3v) is 2.64. The fourth-order valence-corrected chi connectivity index (χ4v) is 1.74. The van der Waals surface area contributed by atoms with E-state index in [1.54, 1.807) is 19.2 Å². The molecule has 5 heteroatoms. The first-order valence-corrected chi connectivity index (χ1v) is 5.76. The largest absolute Gasteiger partial charge is 0.385 e. The maximum Gasteiger partial charge on any atom is 0.267 e. The van der Waals surface area contributed by atoms with Crippen molar-refractivity contribution in [3.63, 3.8) is 0 Å². The number of nitrogens with one attached hydrogen (secondary N) is 2. The number of carbonyl (C=O) groups excluding carboxylic acids is 1. The van der Waals surface area contributed by atoms with Gasteiger partial charge in [-0.3, -0.25) is 4.79 Å². The zero-order chi connectivity index (χ0) is 13.0. The Hall–Kier alpha value is -1.88. The van der Waals surface area contributed by atoms with Crippen molar-refractivity contribution in [1.29, 1.82) is 0 Å². The van der Waals surface area contributed by atoms with Crippen molar-refractivity contribution >= 4 is 16.8 Å². The molecule has 0 radical (unpaired) electrons. The predicted octanol–water partition coefficient (Wildman–Crippen LogP) is 2.07. The van der Waals surface area contributed by atoms with Crippen LogP contribution in [-0.4, -0.2) is 31.2 Å². The first-order chi connectivity index (χ1) is 8.70. The van der Waals surface area contributed by atoms with Gasteiger partial charge in [0.15, 0.2) is 0 Å². The number of ether oxygens (including phenoxy) is 1. The molecule has 2 aromatic rings. The Bertz CT molecular complexity index is 551. The lowest BCUT2D eigenvalue weighted by Gasteiger charge is -2.02. The molecule has 0 unspecified atom stereocenters. The van der Waals surface area contributed by atoms with Crippen LogP contribution in [0.3, 0.4) is 0 Å². The first kappa shape index (κ1) is 12.6. The van der Waals surface area contributed by atoms with Crippen LogP contribution in [0.2, 0.25) is 0 Å². The van der Waals surface area contributed by atoms with Gasteiger partial charge in [-0.1, -0.05) is 0 Å². The van der Waals surface area contributed by atoms with E-state index in [-0.39, 0.29) is 11.7 Å². The van der Waals surface area contributed by atoms with Gasteiger partial charge in [0.05, 0.1) is 0 Å². The summed E-state index contributed by atoms with van der Waals surface area (Å²) in [5.74, 6) is -0.515. The molecular formula is C13H15FN2O2. The summed E-state index contributed by atoms with van der Waals surface area (Å²) in [7, 11) is 1.62. The van der Waals surface area contributed by atoms with Gasteiger partial charge in [0, 0.05) is 31.2 Å². The Balaban J connectivity index is 2.04. The minimum absolute atomic E-state index is 0.192. The van der Waals surface area contributed by atoms with E-state index in [1.165, 1.54) is 12.1 Å². The number of carbonyl (C=O) groups is 1. The Morgan fingerprint density at radius 2 is 2.28 bits per heavy atom.